The maximum absolute atomic E-state index is 11.6. The van der Waals surface area contributed by atoms with Crippen LogP contribution in [0.25, 0.3) is 0 Å². The van der Waals surface area contributed by atoms with Crippen molar-refractivity contribution >= 4 is 23.1 Å². The molecule has 3 N–H and O–H groups in total. The molecule has 0 radical (unpaired) electrons. The van der Waals surface area contributed by atoms with Crippen LogP contribution in [0.15, 0.2) is 0 Å². The van der Waals surface area contributed by atoms with Crippen molar-refractivity contribution in [1.29, 1.82) is 0 Å². The summed E-state index contributed by atoms with van der Waals surface area (Å²) in [4.78, 5) is 12.0. The summed E-state index contributed by atoms with van der Waals surface area (Å²) in [5.74, 6) is 0.495. The molecule has 1 aliphatic rings. The average Bonchev–Trinajstić information content (AvgIpc) is 2.66. The van der Waals surface area contributed by atoms with Crippen LogP contribution in [0.2, 0.25) is 0 Å². The Morgan fingerprint density at radius 1 is 1.57 bits per heavy atom. The van der Waals surface area contributed by atoms with E-state index in [1.54, 1.807) is 0 Å². The molecule has 0 aromatic rings. The van der Waals surface area contributed by atoms with E-state index in [1.165, 1.54) is 12.8 Å². The topological polar surface area (TPSA) is 55.1 Å². The fourth-order valence-corrected chi connectivity index (χ4v) is 1.77. The number of nitrogens with one attached hydrogen (secondary N) is 1. The molecule has 0 bridgehead atoms. The second kappa shape index (κ2) is 5.29. The van der Waals surface area contributed by atoms with E-state index in [4.69, 9.17) is 18.0 Å². The number of carbonyl (C=O) groups is 1. The van der Waals surface area contributed by atoms with Gasteiger partial charge in [0.05, 0.1) is 4.99 Å². The highest BCUT2D eigenvalue weighted by atomic mass is 32.1. The summed E-state index contributed by atoms with van der Waals surface area (Å²) in [6, 6.07) is 0. The van der Waals surface area contributed by atoms with Crippen LogP contribution in [0.4, 0.5) is 0 Å². The molecule has 1 rings (SSSR count). The van der Waals surface area contributed by atoms with Gasteiger partial charge in [0.25, 0.3) is 0 Å². The molecule has 3 nitrogen and oxygen atoms in total. The minimum atomic E-state index is 0.0929. The van der Waals surface area contributed by atoms with Crippen LogP contribution in [0, 0.1) is 11.8 Å². The molecule has 14 heavy (non-hydrogen) atoms. The molecule has 1 amide bonds. The molecule has 1 atom stereocenters. The van der Waals surface area contributed by atoms with Crippen molar-refractivity contribution in [3.05, 3.63) is 0 Å². The first kappa shape index (κ1) is 11.4. The first-order valence-corrected chi connectivity index (χ1v) is 5.59. The predicted molar refractivity (Wildman–Crippen MR) is 60.9 cm³/mol. The van der Waals surface area contributed by atoms with Gasteiger partial charge in [-0.25, -0.2) is 0 Å². The van der Waals surface area contributed by atoms with Crippen molar-refractivity contribution in [2.75, 3.05) is 6.54 Å². The summed E-state index contributed by atoms with van der Waals surface area (Å²) in [7, 11) is 0. The Kier molecular flexibility index (Phi) is 4.32. The molecule has 1 saturated carbocycles. The Bertz CT molecular complexity index is 224. The lowest BCUT2D eigenvalue weighted by Crippen LogP contribution is -2.36. The number of hydrogen-bond acceptors (Lipinski definition) is 2. The molecule has 80 valence electrons. The summed E-state index contributed by atoms with van der Waals surface area (Å²) >= 11 is 4.83. The van der Waals surface area contributed by atoms with E-state index >= 15 is 0 Å². The molecule has 1 aliphatic carbocycles. The van der Waals surface area contributed by atoms with Gasteiger partial charge in [-0.3, -0.25) is 4.79 Å². The van der Waals surface area contributed by atoms with Gasteiger partial charge < -0.3 is 11.1 Å². The van der Waals surface area contributed by atoms with Gasteiger partial charge in [-0.1, -0.05) is 32.0 Å². The molecule has 0 aliphatic heterocycles. The molecule has 0 spiro atoms. The lowest BCUT2D eigenvalue weighted by Gasteiger charge is -2.13. The number of rotatable bonds is 4. The number of hydrogen-bond donors (Lipinski definition) is 2. The van der Waals surface area contributed by atoms with E-state index in [1.807, 2.05) is 6.92 Å². The Morgan fingerprint density at radius 3 is 2.64 bits per heavy atom. The van der Waals surface area contributed by atoms with E-state index in [-0.39, 0.29) is 17.7 Å². The van der Waals surface area contributed by atoms with Crippen molar-refractivity contribution in [3.8, 4) is 0 Å². The maximum atomic E-state index is 11.6. The molecule has 0 saturated heterocycles. The van der Waals surface area contributed by atoms with Crippen LogP contribution in [0.5, 0.6) is 0 Å². The largest absolute Gasteiger partial charge is 0.393 e. The average molecular weight is 214 g/mol. The number of amides is 1. The Morgan fingerprint density at radius 2 is 2.14 bits per heavy atom. The summed E-state index contributed by atoms with van der Waals surface area (Å²) in [5.41, 5.74) is 5.46. The highest BCUT2D eigenvalue weighted by Gasteiger charge is 2.22. The monoisotopic (exact) mass is 214 g/mol. The Hall–Kier alpha value is -0.640. The number of carbonyl (C=O) groups excluding carboxylic acids is 1. The van der Waals surface area contributed by atoms with E-state index in [0.717, 1.165) is 12.8 Å². The van der Waals surface area contributed by atoms with Crippen molar-refractivity contribution < 1.29 is 4.79 Å². The molecule has 1 unspecified atom stereocenters. The van der Waals surface area contributed by atoms with Gasteiger partial charge in [0.1, 0.15) is 0 Å². The van der Waals surface area contributed by atoms with Crippen LogP contribution in [-0.4, -0.2) is 17.4 Å². The van der Waals surface area contributed by atoms with Gasteiger partial charge in [0.15, 0.2) is 0 Å². The number of nitrogens with two attached hydrogens (primary N) is 1. The molecule has 0 aromatic carbocycles. The lowest BCUT2D eigenvalue weighted by atomic mass is 10.1. The normalized spacial score (nSPS) is 19.2. The molecule has 0 aromatic heterocycles. The van der Waals surface area contributed by atoms with Gasteiger partial charge in [-0.2, -0.15) is 0 Å². The van der Waals surface area contributed by atoms with Crippen molar-refractivity contribution in [2.45, 2.75) is 32.6 Å². The molecule has 1 fully saturated rings. The minimum Gasteiger partial charge on any atom is -0.393 e. The second-order valence-corrected chi connectivity index (χ2v) is 4.50. The highest BCUT2D eigenvalue weighted by Crippen LogP contribution is 2.24. The maximum Gasteiger partial charge on any atom is 0.223 e. The van der Waals surface area contributed by atoms with Crippen LogP contribution >= 0.6 is 12.2 Å². The van der Waals surface area contributed by atoms with Crippen molar-refractivity contribution in [3.63, 3.8) is 0 Å². The van der Waals surface area contributed by atoms with Gasteiger partial charge >= 0.3 is 0 Å². The van der Waals surface area contributed by atoms with E-state index < -0.39 is 0 Å². The van der Waals surface area contributed by atoms with Crippen LogP contribution < -0.4 is 11.1 Å². The molecule has 0 heterocycles. The van der Waals surface area contributed by atoms with E-state index in [0.29, 0.717) is 11.5 Å². The summed E-state index contributed by atoms with van der Waals surface area (Å²) < 4.78 is 0. The lowest BCUT2D eigenvalue weighted by molar-refractivity contribution is -0.124. The van der Waals surface area contributed by atoms with E-state index in [9.17, 15) is 4.79 Å². The van der Waals surface area contributed by atoms with Gasteiger partial charge in [-0.15, -0.1) is 0 Å². The third-order valence-corrected chi connectivity index (χ3v) is 3.20. The van der Waals surface area contributed by atoms with Crippen LogP contribution in [0.1, 0.15) is 32.6 Å². The quantitative estimate of drug-likeness (QED) is 0.692. The Balaban J connectivity index is 2.23. The van der Waals surface area contributed by atoms with Gasteiger partial charge in [0, 0.05) is 18.4 Å². The highest BCUT2D eigenvalue weighted by molar-refractivity contribution is 7.80. The fraction of sp³-hybridized carbons (Fsp3) is 0.800. The van der Waals surface area contributed by atoms with Gasteiger partial charge in [0.2, 0.25) is 5.91 Å². The fourth-order valence-electron chi connectivity index (χ4n) is 1.69. The minimum absolute atomic E-state index is 0.0929. The molecular formula is C10H18N2OS. The zero-order valence-corrected chi connectivity index (χ0v) is 9.40. The summed E-state index contributed by atoms with van der Waals surface area (Å²) in [6.07, 6.45) is 4.44. The van der Waals surface area contributed by atoms with E-state index in [2.05, 4.69) is 5.32 Å². The van der Waals surface area contributed by atoms with Crippen LogP contribution in [-0.2, 0) is 4.79 Å². The summed E-state index contributed by atoms with van der Waals surface area (Å²) in [5, 5.41) is 2.90. The third kappa shape index (κ3) is 3.25. The first-order valence-electron chi connectivity index (χ1n) is 5.18. The van der Waals surface area contributed by atoms with Crippen molar-refractivity contribution in [2.24, 2.45) is 17.6 Å². The first-order chi connectivity index (χ1) is 6.61. The molecular weight excluding hydrogens is 196 g/mol. The SMILES string of the molecule is CC(CNC(=O)C1CCCC1)C(N)=S. The zero-order chi connectivity index (χ0) is 10.6. The van der Waals surface area contributed by atoms with Crippen LogP contribution in [0.3, 0.4) is 0 Å². The Labute approximate surface area is 90.4 Å². The smallest absolute Gasteiger partial charge is 0.223 e. The second-order valence-electron chi connectivity index (χ2n) is 4.03. The molecule has 4 heteroatoms. The standard InChI is InChI=1S/C10H18N2OS/c1-7(9(11)14)6-12-10(13)8-4-2-3-5-8/h7-8H,2-6H2,1H3,(H2,11,14)(H,12,13). The van der Waals surface area contributed by atoms with Gasteiger partial charge in [-0.05, 0) is 12.8 Å². The zero-order valence-electron chi connectivity index (χ0n) is 8.58. The third-order valence-electron chi connectivity index (χ3n) is 2.79. The van der Waals surface area contributed by atoms with Crippen molar-refractivity contribution in [1.82, 2.24) is 5.32 Å². The number of thiocarbonyl (C=S) groups is 1. The predicted octanol–water partition coefficient (Wildman–Crippen LogP) is 1.22. The summed E-state index contributed by atoms with van der Waals surface area (Å²) in [6.45, 7) is 2.50.